The van der Waals surface area contributed by atoms with Gasteiger partial charge in [0.2, 0.25) is 5.91 Å². The maximum atomic E-state index is 11.4. The fourth-order valence-corrected chi connectivity index (χ4v) is 1.80. The van der Waals surface area contributed by atoms with Crippen molar-refractivity contribution in [2.45, 2.75) is 12.8 Å². The Kier molecular flexibility index (Phi) is 4.41. The topological polar surface area (TPSA) is 73.6 Å². The van der Waals surface area contributed by atoms with Crippen LogP contribution in [0.4, 0.5) is 0 Å². The average molecular weight is 250 g/mol. The Morgan fingerprint density at radius 1 is 1.28 bits per heavy atom. The first-order valence-corrected chi connectivity index (χ1v) is 6.15. The molecule has 0 aliphatic carbocycles. The van der Waals surface area contributed by atoms with Crippen LogP contribution in [0, 0.1) is 0 Å². The molecule has 0 atom stereocenters. The number of aryl methyl sites for hydroxylation is 1. The summed E-state index contributed by atoms with van der Waals surface area (Å²) in [5.74, 6) is 1.56. The van der Waals surface area contributed by atoms with Gasteiger partial charge in [0.1, 0.15) is 13.2 Å². The summed E-state index contributed by atoms with van der Waals surface area (Å²) in [6, 6.07) is 5.79. The molecule has 1 aliphatic rings. The van der Waals surface area contributed by atoms with Crippen LogP contribution in [0.15, 0.2) is 18.2 Å². The van der Waals surface area contributed by atoms with Gasteiger partial charge < -0.3 is 20.5 Å². The van der Waals surface area contributed by atoms with Gasteiger partial charge in [-0.25, -0.2) is 0 Å². The number of benzene rings is 1. The number of nitrogens with one attached hydrogen (secondary N) is 1. The Balaban J connectivity index is 1.88. The summed E-state index contributed by atoms with van der Waals surface area (Å²) in [5, 5.41) is 2.75. The van der Waals surface area contributed by atoms with Crippen molar-refractivity contribution >= 4 is 5.91 Å². The summed E-state index contributed by atoms with van der Waals surface area (Å²) in [7, 11) is 0. The van der Waals surface area contributed by atoms with Crippen molar-refractivity contribution in [2.24, 2.45) is 5.73 Å². The molecule has 1 heterocycles. The van der Waals surface area contributed by atoms with E-state index >= 15 is 0 Å². The monoisotopic (exact) mass is 250 g/mol. The predicted molar refractivity (Wildman–Crippen MR) is 67.8 cm³/mol. The second kappa shape index (κ2) is 6.26. The van der Waals surface area contributed by atoms with Crippen molar-refractivity contribution in [3.8, 4) is 11.5 Å². The molecule has 0 aromatic heterocycles. The number of nitrogens with two attached hydrogens (primary N) is 1. The van der Waals surface area contributed by atoms with Crippen LogP contribution in [0.5, 0.6) is 11.5 Å². The fourth-order valence-electron chi connectivity index (χ4n) is 1.80. The molecule has 0 saturated heterocycles. The third kappa shape index (κ3) is 3.37. The van der Waals surface area contributed by atoms with Crippen molar-refractivity contribution in [3.05, 3.63) is 23.8 Å². The van der Waals surface area contributed by atoms with Gasteiger partial charge in [-0.3, -0.25) is 4.79 Å². The lowest BCUT2D eigenvalue weighted by atomic mass is 10.1. The summed E-state index contributed by atoms with van der Waals surface area (Å²) in [5.41, 5.74) is 6.39. The lowest BCUT2D eigenvalue weighted by Crippen LogP contribution is -2.29. The lowest BCUT2D eigenvalue weighted by molar-refractivity contribution is -0.120. The zero-order chi connectivity index (χ0) is 12.8. The highest BCUT2D eigenvalue weighted by atomic mass is 16.6. The van der Waals surface area contributed by atoms with Crippen LogP contribution in [-0.2, 0) is 11.2 Å². The summed E-state index contributed by atoms with van der Waals surface area (Å²) in [4.78, 5) is 11.4. The largest absolute Gasteiger partial charge is 0.486 e. The summed E-state index contributed by atoms with van der Waals surface area (Å²) < 4.78 is 10.9. The Bertz CT molecular complexity index is 421. The number of hydrogen-bond acceptors (Lipinski definition) is 4. The molecule has 0 fully saturated rings. The summed E-state index contributed by atoms with van der Waals surface area (Å²) in [6.45, 7) is 2.16. The van der Waals surface area contributed by atoms with Gasteiger partial charge in [0.05, 0.1) is 0 Å². The summed E-state index contributed by atoms with van der Waals surface area (Å²) in [6.07, 6.45) is 1.15. The average Bonchev–Trinajstić information content (AvgIpc) is 2.42. The molecule has 1 aliphatic heterocycles. The van der Waals surface area contributed by atoms with Crippen LogP contribution in [0.25, 0.3) is 0 Å². The van der Waals surface area contributed by atoms with E-state index in [1.165, 1.54) is 0 Å². The van der Waals surface area contributed by atoms with Crippen LogP contribution in [0.3, 0.4) is 0 Å². The van der Waals surface area contributed by atoms with Gasteiger partial charge in [-0.2, -0.15) is 0 Å². The van der Waals surface area contributed by atoms with Crippen molar-refractivity contribution in [1.82, 2.24) is 5.32 Å². The van der Waals surface area contributed by atoms with E-state index in [0.717, 1.165) is 17.1 Å². The van der Waals surface area contributed by atoms with Gasteiger partial charge >= 0.3 is 0 Å². The number of amides is 1. The number of rotatable bonds is 5. The highest BCUT2D eigenvalue weighted by Crippen LogP contribution is 2.30. The second-order valence-electron chi connectivity index (χ2n) is 4.12. The number of carbonyl (C=O) groups is 1. The van der Waals surface area contributed by atoms with E-state index in [4.69, 9.17) is 15.2 Å². The quantitative estimate of drug-likeness (QED) is 0.796. The Labute approximate surface area is 106 Å². The normalized spacial score (nSPS) is 13.2. The van der Waals surface area contributed by atoms with Crippen molar-refractivity contribution in [1.29, 1.82) is 0 Å². The minimum atomic E-state index is 0.0235. The molecule has 3 N–H and O–H groups in total. The van der Waals surface area contributed by atoms with Gasteiger partial charge in [-0.05, 0) is 24.1 Å². The zero-order valence-electron chi connectivity index (χ0n) is 10.3. The number of hydrogen-bond donors (Lipinski definition) is 2. The standard InChI is InChI=1S/C13H18N2O3/c14-5-6-15-13(16)4-2-10-1-3-11-12(9-10)18-8-7-17-11/h1,3,9H,2,4-8,14H2,(H,15,16). The van der Waals surface area contributed by atoms with Crippen LogP contribution in [-0.4, -0.2) is 32.2 Å². The molecule has 98 valence electrons. The van der Waals surface area contributed by atoms with E-state index < -0.39 is 0 Å². The highest BCUT2D eigenvalue weighted by Gasteiger charge is 2.12. The summed E-state index contributed by atoms with van der Waals surface area (Å²) >= 11 is 0. The van der Waals surface area contributed by atoms with E-state index in [-0.39, 0.29) is 5.91 Å². The molecule has 5 heteroatoms. The first-order chi connectivity index (χ1) is 8.79. The van der Waals surface area contributed by atoms with E-state index in [2.05, 4.69) is 5.32 Å². The minimum absolute atomic E-state index is 0.0235. The van der Waals surface area contributed by atoms with E-state index in [0.29, 0.717) is 39.1 Å². The molecule has 0 spiro atoms. The minimum Gasteiger partial charge on any atom is -0.486 e. The molecule has 0 saturated carbocycles. The maximum Gasteiger partial charge on any atom is 0.220 e. The molecule has 5 nitrogen and oxygen atoms in total. The third-order valence-corrected chi connectivity index (χ3v) is 2.71. The molecular weight excluding hydrogens is 232 g/mol. The van der Waals surface area contributed by atoms with Gasteiger partial charge in [0.15, 0.2) is 11.5 Å². The molecule has 0 bridgehead atoms. The Morgan fingerprint density at radius 3 is 2.83 bits per heavy atom. The fraction of sp³-hybridized carbons (Fsp3) is 0.462. The first-order valence-electron chi connectivity index (χ1n) is 6.15. The molecule has 1 aromatic rings. The van der Waals surface area contributed by atoms with Crippen molar-refractivity contribution in [2.75, 3.05) is 26.3 Å². The molecular formula is C13H18N2O3. The molecule has 18 heavy (non-hydrogen) atoms. The van der Waals surface area contributed by atoms with Crippen LogP contribution < -0.4 is 20.5 Å². The third-order valence-electron chi connectivity index (χ3n) is 2.71. The lowest BCUT2D eigenvalue weighted by Gasteiger charge is -2.18. The molecule has 1 aromatic carbocycles. The van der Waals surface area contributed by atoms with Gasteiger partial charge in [0, 0.05) is 19.5 Å². The SMILES string of the molecule is NCCNC(=O)CCc1ccc2c(c1)OCCO2. The van der Waals surface area contributed by atoms with E-state index in [9.17, 15) is 4.79 Å². The molecule has 1 amide bonds. The van der Waals surface area contributed by atoms with Gasteiger partial charge in [-0.1, -0.05) is 6.07 Å². The number of carbonyl (C=O) groups excluding carboxylic acids is 1. The molecule has 0 radical (unpaired) electrons. The van der Waals surface area contributed by atoms with Crippen molar-refractivity contribution in [3.63, 3.8) is 0 Å². The van der Waals surface area contributed by atoms with Crippen molar-refractivity contribution < 1.29 is 14.3 Å². The highest BCUT2D eigenvalue weighted by molar-refractivity contribution is 5.76. The van der Waals surface area contributed by atoms with Crippen LogP contribution in [0.2, 0.25) is 0 Å². The molecule has 0 unspecified atom stereocenters. The Hall–Kier alpha value is -1.75. The van der Waals surface area contributed by atoms with E-state index in [1.54, 1.807) is 0 Å². The predicted octanol–water partition coefficient (Wildman–Crippen LogP) is 0.465. The van der Waals surface area contributed by atoms with Gasteiger partial charge in [-0.15, -0.1) is 0 Å². The molecule has 2 rings (SSSR count). The maximum absolute atomic E-state index is 11.4. The van der Waals surface area contributed by atoms with Crippen LogP contribution in [0.1, 0.15) is 12.0 Å². The first kappa shape index (κ1) is 12.7. The van der Waals surface area contributed by atoms with Gasteiger partial charge in [0.25, 0.3) is 0 Å². The van der Waals surface area contributed by atoms with Crippen LogP contribution >= 0.6 is 0 Å². The number of fused-ring (bicyclic) bond motifs is 1. The second-order valence-corrected chi connectivity index (χ2v) is 4.12. The zero-order valence-corrected chi connectivity index (χ0v) is 10.3. The van der Waals surface area contributed by atoms with E-state index in [1.807, 2.05) is 18.2 Å². The Morgan fingerprint density at radius 2 is 2.06 bits per heavy atom. The smallest absolute Gasteiger partial charge is 0.220 e. The number of ether oxygens (including phenoxy) is 2.